The number of carbonyl (C=O) groups excluding carboxylic acids is 2. The number of rotatable bonds is 7. The van der Waals surface area contributed by atoms with Gasteiger partial charge in [0.1, 0.15) is 11.8 Å². The molecule has 0 saturated carbocycles. The molecule has 2 amide bonds. The number of amides is 2. The molecule has 38 heavy (non-hydrogen) atoms. The maximum absolute atomic E-state index is 13.8. The minimum Gasteiger partial charge on any atom is -0.479 e. The molecule has 4 atom stereocenters. The van der Waals surface area contributed by atoms with Crippen molar-refractivity contribution in [3.8, 4) is 16.3 Å². The van der Waals surface area contributed by atoms with Crippen LogP contribution in [0.1, 0.15) is 50.1 Å². The zero-order chi connectivity index (χ0) is 27.2. The zero-order valence-corrected chi connectivity index (χ0v) is 22.8. The van der Waals surface area contributed by atoms with E-state index in [1.54, 1.807) is 29.2 Å². The fourth-order valence-corrected chi connectivity index (χ4v) is 5.99. The lowest BCUT2D eigenvalue weighted by Gasteiger charge is -2.29. The first-order valence-corrected chi connectivity index (χ1v) is 13.4. The van der Waals surface area contributed by atoms with Gasteiger partial charge in [-0.25, -0.2) is 9.98 Å². The SMILES string of the molecule is COc1cc([C@H](C(=O)N2C[C@H](O)C[C@H]2C2=N[C@@](C)(c3ccc(-c4scnc4C)cc3)C(=O)N2)C(C)C)on1. The molecule has 11 heteroatoms. The van der Waals surface area contributed by atoms with E-state index in [2.05, 4.69) is 15.5 Å². The first-order valence-electron chi connectivity index (χ1n) is 12.5. The van der Waals surface area contributed by atoms with Gasteiger partial charge < -0.3 is 24.6 Å². The summed E-state index contributed by atoms with van der Waals surface area (Å²) < 4.78 is 10.5. The average Bonchev–Trinajstić information content (AvgIpc) is 3.67. The second-order valence-corrected chi connectivity index (χ2v) is 11.1. The van der Waals surface area contributed by atoms with E-state index in [1.165, 1.54) is 7.11 Å². The number of methoxy groups -OCH3 is 1. The van der Waals surface area contributed by atoms with Gasteiger partial charge in [-0.3, -0.25) is 9.59 Å². The first kappa shape index (κ1) is 26.1. The number of thiazole rings is 1. The van der Waals surface area contributed by atoms with Crippen molar-refractivity contribution >= 4 is 29.0 Å². The first-order chi connectivity index (χ1) is 18.1. The molecule has 2 aliphatic rings. The van der Waals surface area contributed by atoms with Crippen LogP contribution in [0.5, 0.6) is 5.88 Å². The van der Waals surface area contributed by atoms with E-state index in [0.717, 1.165) is 21.7 Å². The van der Waals surface area contributed by atoms with Crippen LogP contribution in [0.4, 0.5) is 0 Å². The molecule has 0 radical (unpaired) electrons. The molecule has 0 aliphatic carbocycles. The largest absolute Gasteiger partial charge is 0.479 e. The molecule has 0 bridgehead atoms. The molecule has 2 aromatic heterocycles. The highest BCUT2D eigenvalue weighted by molar-refractivity contribution is 7.13. The van der Waals surface area contributed by atoms with Crippen molar-refractivity contribution in [2.75, 3.05) is 13.7 Å². The van der Waals surface area contributed by atoms with Gasteiger partial charge in [0.15, 0.2) is 11.3 Å². The van der Waals surface area contributed by atoms with Crippen LogP contribution in [0.3, 0.4) is 0 Å². The highest BCUT2D eigenvalue weighted by Gasteiger charge is 2.48. The van der Waals surface area contributed by atoms with Gasteiger partial charge in [-0.15, -0.1) is 11.3 Å². The Morgan fingerprint density at radius 2 is 2.05 bits per heavy atom. The van der Waals surface area contributed by atoms with Crippen molar-refractivity contribution in [2.45, 2.75) is 57.7 Å². The Bertz CT molecular complexity index is 1380. The van der Waals surface area contributed by atoms with E-state index in [9.17, 15) is 14.7 Å². The second-order valence-electron chi connectivity index (χ2n) is 10.3. The second kappa shape index (κ2) is 9.95. The van der Waals surface area contributed by atoms with Gasteiger partial charge in [-0.2, -0.15) is 0 Å². The molecule has 1 aromatic carbocycles. The van der Waals surface area contributed by atoms with Crippen LogP contribution in [-0.4, -0.2) is 63.6 Å². The predicted octanol–water partition coefficient (Wildman–Crippen LogP) is 3.26. The summed E-state index contributed by atoms with van der Waals surface area (Å²) in [6, 6.07) is 8.77. The number of carbonyl (C=O) groups is 2. The van der Waals surface area contributed by atoms with Gasteiger partial charge >= 0.3 is 0 Å². The van der Waals surface area contributed by atoms with Crippen LogP contribution in [-0.2, 0) is 15.1 Å². The molecule has 200 valence electrons. The third kappa shape index (κ3) is 4.49. The fraction of sp³-hybridized carbons (Fsp3) is 0.444. The van der Waals surface area contributed by atoms with Gasteiger partial charge in [0.25, 0.3) is 11.8 Å². The Kier molecular flexibility index (Phi) is 6.83. The summed E-state index contributed by atoms with van der Waals surface area (Å²) in [5.41, 5.74) is 3.38. The standard InChI is InChI=1S/C27H31N5O5S/c1-14(2)22(20-11-21(36-5)31-37-20)25(34)32-12-18(33)10-19(32)24-29-26(35)27(4,30-24)17-8-6-16(7-9-17)23-15(3)28-13-38-23/h6-9,11,13-14,18-19,22,33H,10,12H2,1-5H3,(H,29,30,35)/t18-,19+,22-,27+/m1/s1. The molecule has 1 saturated heterocycles. The molecular weight excluding hydrogens is 506 g/mol. The quantitative estimate of drug-likeness (QED) is 0.473. The fourth-order valence-electron chi connectivity index (χ4n) is 5.18. The molecule has 10 nitrogen and oxygen atoms in total. The van der Waals surface area contributed by atoms with Gasteiger partial charge in [-0.1, -0.05) is 38.1 Å². The molecule has 5 rings (SSSR count). The number of nitrogens with one attached hydrogen (secondary N) is 1. The number of aliphatic hydroxyl groups excluding tert-OH is 1. The van der Waals surface area contributed by atoms with Crippen molar-refractivity contribution in [2.24, 2.45) is 10.9 Å². The van der Waals surface area contributed by atoms with E-state index < -0.39 is 23.6 Å². The highest BCUT2D eigenvalue weighted by Crippen LogP contribution is 2.36. The average molecular weight is 538 g/mol. The van der Waals surface area contributed by atoms with E-state index in [4.69, 9.17) is 14.3 Å². The van der Waals surface area contributed by atoms with Crippen LogP contribution in [0.2, 0.25) is 0 Å². The molecule has 2 aliphatic heterocycles. The number of nitrogens with zero attached hydrogens (tertiary/aromatic N) is 4. The molecule has 0 spiro atoms. The van der Waals surface area contributed by atoms with E-state index in [0.29, 0.717) is 11.6 Å². The summed E-state index contributed by atoms with van der Waals surface area (Å²) in [7, 11) is 1.48. The van der Waals surface area contributed by atoms with Crippen molar-refractivity contribution < 1.29 is 24.0 Å². The Hall–Kier alpha value is -3.57. The summed E-state index contributed by atoms with van der Waals surface area (Å²) in [6.07, 6.45) is -0.468. The van der Waals surface area contributed by atoms with Crippen LogP contribution < -0.4 is 10.1 Å². The molecule has 3 aromatic rings. The van der Waals surface area contributed by atoms with E-state index in [-0.39, 0.29) is 36.6 Å². The summed E-state index contributed by atoms with van der Waals surface area (Å²) in [5, 5.41) is 17.3. The number of ether oxygens (including phenoxy) is 1. The van der Waals surface area contributed by atoms with E-state index in [1.807, 2.05) is 50.5 Å². The summed E-state index contributed by atoms with van der Waals surface area (Å²) in [6.45, 7) is 7.70. The van der Waals surface area contributed by atoms with Crippen molar-refractivity contribution in [3.05, 3.63) is 52.9 Å². The smallest absolute Gasteiger partial charge is 0.257 e. The number of β-amino-alcohol motifs (C(OH)–C–C–N with tert-alkyl or cyclic N) is 1. The van der Waals surface area contributed by atoms with Crippen LogP contribution in [0.25, 0.3) is 10.4 Å². The lowest BCUT2D eigenvalue weighted by atomic mass is 9.91. The Morgan fingerprint density at radius 1 is 1.32 bits per heavy atom. The molecule has 0 unspecified atom stereocenters. The van der Waals surface area contributed by atoms with Crippen molar-refractivity contribution in [1.82, 2.24) is 20.4 Å². The van der Waals surface area contributed by atoms with Gasteiger partial charge in [-0.05, 0) is 36.0 Å². The van der Waals surface area contributed by atoms with Crippen molar-refractivity contribution in [1.29, 1.82) is 0 Å². The van der Waals surface area contributed by atoms with E-state index >= 15 is 0 Å². The minimum atomic E-state index is -1.16. The maximum Gasteiger partial charge on any atom is 0.257 e. The topological polar surface area (TPSA) is 130 Å². The van der Waals surface area contributed by atoms with Gasteiger partial charge in [0.2, 0.25) is 5.91 Å². The predicted molar refractivity (Wildman–Crippen MR) is 142 cm³/mol. The van der Waals surface area contributed by atoms with Crippen molar-refractivity contribution in [3.63, 3.8) is 0 Å². The third-order valence-electron chi connectivity index (χ3n) is 7.32. The number of aliphatic imine (C=N–C) groups is 1. The monoisotopic (exact) mass is 537 g/mol. The van der Waals surface area contributed by atoms with Crippen LogP contribution >= 0.6 is 11.3 Å². The summed E-state index contributed by atoms with van der Waals surface area (Å²) in [5.74, 6) is -0.187. The minimum absolute atomic E-state index is 0.107. The third-order valence-corrected chi connectivity index (χ3v) is 8.29. The molecular formula is C27H31N5O5S. The zero-order valence-electron chi connectivity index (χ0n) is 22.0. The normalized spacial score (nSPS) is 24.0. The Morgan fingerprint density at radius 3 is 2.66 bits per heavy atom. The number of likely N-dealkylation sites (tertiary alicyclic amines) is 1. The maximum atomic E-state index is 13.8. The number of hydrogen-bond donors (Lipinski definition) is 2. The Labute approximate surface area is 224 Å². The lowest BCUT2D eigenvalue weighted by Crippen LogP contribution is -2.48. The lowest BCUT2D eigenvalue weighted by molar-refractivity contribution is -0.134. The van der Waals surface area contributed by atoms with Crippen LogP contribution in [0.15, 0.2) is 45.4 Å². The summed E-state index contributed by atoms with van der Waals surface area (Å²) in [4.78, 5) is 38.8. The number of aliphatic hydroxyl groups is 1. The number of benzene rings is 1. The van der Waals surface area contributed by atoms with Gasteiger partial charge in [0.05, 0.1) is 35.3 Å². The van der Waals surface area contributed by atoms with Crippen LogP contribution in [0, 0.1) is 12.8 Å². The molecule has 4 heterocycles. The molecule has 1 fully saturated rings. The number of amidine groups is 1. The highest BCUT2D eigenvalue weighted by atomic mass is 32.1. The number of aryl methyl sites for hydroxylation is 1. The Balaban J connectivity index is 1.43. The summed E-state index contributed by atoms with van der Waals surface area (Å²) >= 11 is 1.57. The number of aromatic nitrogens is 2. The number of hydrogen-bond acceptors (Lipinski definition) is 9. The van der Waals surface area contributed by atoms with Gasteiger partial charge in [0, 0.05) is 19.0 Å². The molecule has 2 N–H and O–H groups in total.